The monoisotopic (exact) mass is 280 g/mol. The second-order valence-electron chi connectivity index (χ2n) is 5.26. The van der Waals surface area contributed by atoms with Crippen molar-refractivity contribution in [1.29, 1.82) is 0 Å². The van der Waals surface area contributed by atoms with Crippen molar-refractivity contribution >= 4 is 11.7 Å². The lowest BCUT2D eigenvalue weighted by molar-refractivity contribution is -0.389. The molecule has 1 amide bonds. The van der Waals surface area contributed by atoms with Gasteiger partial charge in [-0.3, -0.25) is 4.79 Å². The number of aromatic nitrogens is 2. The summed E-state index contributed by atoms with van der Waals surface area (Å²) in [4.78, 5) is 22.5. The summed E-state index contributed by atoms with van der Waals surface area (Å²) < 4.78 is 1.46. The SMILES string of the molecule is CCC(C(=O)NC1CCCC1)n1nc([N+](=O)[O-])cc1C. The fourth-order valence-electron chi connectivity index (χ4n) is 2.71. The molecule has 1 heterocycles. The summed E-state index contributed by atoms with van der Waals surface area (Å²) in [5.41, 5.74) is 0.630. The van der Waals surface area contributed by atoms with Crippen LogP contribution in [0.15, 0.2) is 6.07 Å². The van der Waals surface area contributed by atoms with Gasteiger partial charge in [-0.2, -0.15) is 4.68 Å². The van der Waals surface area contributed by atoms with Crippen molar-refractivity contribution in [1.82, 2.24) is 15.1 Å². The van der Waals surface area contributed by atoms with Crippen molar-refractivity contribution in [3.8, 4) is 0 Å². The van der Waals surface area contributed by atoms with Gasteiger partial charge in [0.05, 0.1) is 16.9 Å². The number of carbonyl (C=O) groups is 1. The number of carbonyl (C=O) groups excluding carboxylic acids is 1. The molecular weight excluding hydrogens is 260 g/mol. The molecule has 7 nitrogen and oxygen atoms in total. The van der Waals surface area contributed by atoms with Gasteiger partial charge in [-0.05, 0) is 31.1 Å². The van der Waals surface area contributed by atoms with Crippen molar-refractivity contribution in [2.45, 2.75) is 58.0 Å². The van der Waals surface area contributed by atoms with Crippen molar-refractivity contribution in [3.63, 3.8) is 0 Å². The van der Waals surface area contributed by atoms with Gasteiger partial charge in [-0.15, -0.1) is 0 Å². The number of rotatable bonds is 5. The van der Waals surface area contributed by atoms with E-state index in [-0.39, 0.29) is 17.8 Å². The molecule has 1 aromatic rings. The van der Waals surface area contributed by atoms with Crippen LogP contribution in [0.25, 0.3) is 0 Å². The number of hydrogen-bond acceptors (Lipinski definition) is 4. The van der Waals surface area contributed by atoms with Crippen molar-refractivity contribution in [3.05, 3.63) is 21.9 Å². The van der Waals surface area contributed by atoms with E-state index in [0.29, 0.717) is 12.1 Å². The van der Waals surface area contributed by atoms with E-state index in [1.807, 2.05) is 6.92 Å². The molecule has 0 bridgehead atoms. The fourth-order valence-corrected chi connectivity index (χ4v) is 2.71. The molecule has 1 N–H and O–H groups in total. The molecule has 1 fully saturated rings. The van der Waals surface area contributed by atoms with E-state index in [2.05, 4.69) is 10.4 Å². The zero-order valence-corrected chi connectivity index (χ0v) is 11.8. The molecule has 0 radical (unpaired) electrons. The van der Waals surface area contributed by atoms with Crippen LogP contribution in [0.3, 0.4) is 0 Å². The molecular formula is C13H20N4O3. The third-order valence-corrected chi connectivity index (χ3v) is 3.78. The molecule has 1 saturated carbocycles. The van der Waals surface area contributed by atoms with Crippen LogP contribution in [0.5, 0.6) is 0 Å². The van der Waals surface area contributed by atoms with Gasteiger partial charge < -0.3 is 15.4 Å². The maximum Gasteiger partial charge on any atom is 0.390 e. The van der Waals surface area contributed by atoms with Gasteiger partial charge >= 0.3 is 5.82 Å². The molecule has 1 unspecified atom stereocenters. The standard InChI is InChI=1S/C13H20N4O3/c1-3-11(13(18)14-10-6-4-5-7-10)16-9(2)8-12(15-16)17(19)20/h8,10-11H,3-7H2,1-2H3,(H,14,18). The van der Waals surface area contributed by atoms with E-state index < -0.39 is 11.0 Å². The van der Waals surface area contributed by atoms with Gasteiger partial charge in [0.2, 0.25) is 5.91 Å². The van der Waals surface area contributed by atoms with Crippen molar-refractivity contribution < 1.29 is 9.72 Å². The Morgan fingerprint density at radius 3 is 2.75 bits per heavy atom. The highest BCUT2D eigenvalue weighted by molar-refractivity contribution is 5.80. The summed E-state index contributed by atoms with van der Waals surface area (Å²) in [7, 11) is 0. The average molecular weight is 280 g/mol. The number of nitrogens with zero attached hydrogens (tertiary/aromatic N) is 3. The number of amides is 1. The molecule has 7 heteroatoms. The quantitative estimate of drug-likeness (QED) is 0.660. The Hall–Kier alpha value is -1.92. The van der Waals surface area contributed by atoms with Gasteiger partial charge in [-0.25, -0.2) is 0 Å². The lowest BCUT2D eigenvalue weighted by Crippen LogP contribution is -2.38. The summed E-state index contributed by atoms with van der Waals surface area (Å²) in [6.07, 6.45) is 4.88. The van der Waals surface area contributed by atoms with E-state index in [0.717, 1.165) is 25.7 Å². The van der Waals surface area contributed by atoms with Crippen LogP contribution >= 0.6 is 0 Å². The average Bonchev–Trinajstić information content (AvgIpc) is 3.01. The normalized spacial score (nSPS) is 17.1. The van der Waals surface area contributed by atoms with Crippen molar-refractivity contribution in [2.75, 3.05) is 0 Å². The summed E-state index contributed by atoms with van der Waals surface area (Å²) >= 11 is 0. The minimum absolute atomic E-state index is 0.0968. The lowest BCUT2D eigenvalue weighted by atomic mass is 10.1. The van der Waals surface area contributed by atoms with Crippen LogP contribution in [0, 0.1) is 17.0 Å². The topological polar surface area (TPSA) is 90.1 Å². The first-order valence-corrected chi connectivity index (χ1v) is 7.03. The van der Waals surface area contributed by atoms with E-state index >= 15 is 0 Å². The zero-order valence-electron chi connectivity index (χ0n) is 11.8. The first-order chi connectivity index (χ1) is 9.52. The second kappa shape index (κ2) is 6.02. The molecule has 2 rings (SSSR count). The number of hydrogen-bond donors (Lipinski definition) is 1. The van der Waals surface area contributed by atoms with E-state index in [9.17, 15) is 14.9 Å². The fraction of sp³-hybridized carbons (Fsp3) is 0.692. The molecule has 0 aromatic carbocycles. The minimum Gasteiger partial charge on any atom is -0.358 e. The summed E-state index contributed by atoms with van der Waals surface area (Å²) in [5, 5.41) is 17.7. The smallest absolute Gasteiger partial charge is 0.358 e. The Kier molecular flexibility index (Phi) is 4.36. The number of aryl methyl sites for hydroxylation is 1. The number of nitrogens with one attached hydrogen (secondary N) is 1. The molecule has 110 valence electrons. The third kappa shape index (κ3) is 2.97. The zero-order chi connectivity index (χ0) is 14.7. The Labute approximate surface area is 117 Å². The van der Waals surface area contributed by atoms with E-state index in [1.165, 1.54) is 10.7 Å². The Morgan fingerprint density at radius 2 is 2.25 bits per heavy atom. The number of nitro groups is 1. The molecule has 1 aromatic heterocycles. The van der Waals surface area contributed by atoms with Crippen LogP contribution in [0.1, 0.15) is 50.8 Å². The summed E-state index contributed by atoms with van der Waals surface area (Å²) in [5.74, 6) is -0.310. The molecule has 1 aliphatic rings. The maximum absolute atomic E-state index is 12.3. The molecule has 0 aliphatic heterocycles. The Morgan fingerprint density at radius 1 is 1.60 bits per heavy atom. The van der Waals surface area contributed by atoms with Gasteiger partial charge in [0.1, 0.15) is 0 Å². The molecule has 1 atom stereocenters. The van der Waals surface area contributed by atoms with Crippen LogP contribution in [0.4, 0.5) is 5.82 Å². The summed E-state index contributed by atoms with van der Waals surface area (Å²) in [6.45, 7) is 3.61. The van der Waals surface area contributed by atoms with Crippen LogP contribution < -0.4 is 5.32 Å². The van der Waals surface area contributed by atoms with Crippen molar-refractivity contribution in [2.24, 2.45) is 0 Å². The second-order valence-corrected chi connectivity index (χ2v) is 5.26. The molecule has 1 aliphatic carbocycles. The first-order valence-electron chi connectivity index (χ1n) is 7.03. The Balaban J connectivity index is 2.14. The van der Waals surface area contributed by atoms with Crippen LogP contribution in [-0.2, 0) is 4.79 Å². The highest BCUT2D eigenvalue weighted by atomic mass is 16.6. The molecule has 0 saturated heterocycles. The predicted molar refractivity (Wildman–Crippen MR) is 73.3 cm³/mol. The highest BCUT2D eigenvalue weighted by Gasteiger charge is 2.28. The lowest BCUT2D eigenvalue weighted by Gasteiger charge is -2.17. The van der Waals surface area contributed by atoms with E-state index in [4.69, 9.17) is 0 Å². The van der Waals surface area contributed by atoms with Gasteiger partial charge in [0.25, 0.3) is 0 Å². The summed E-state index contributed by atoms with van der Waals surface area (Å²) in [6, 6.07) is 1.15. The molecule has 20 heavy (non-hydrogen) atoms. The largest absolute Gasteiger partial charge is 0.390 e. The predicted octanol–water partition coefficient (Wildman–Crippen LogP) is 2.11. The van der Waals surface area contributed by atoms with Crippen LogP contribution in [0.2, 0.25) is 0 Å². The Bertz CT molecular complexity index is 506. The van der Waals surface area contributed by atoms with Gasteiger partial charge in [0, 0.05) is 6.04 Å². The van der Waals surface area contributed by atoms with E-state index in [1.54, 1.807) is 6.92 Å². The third-order valence-electron chi connectivity index (χ3n) is 3.78. The first kappa shape index (κ1) is 14.5. The maximum atomic E-state index is 12.3. The highest BCUT2D eigenvalue weighted by Crippen LogP contribution is 2.21. The minimum atomic E-state index is -0.537. The van der Waals surface area contributed by atoms with Crippen LogP contribution in [-0.4, -0.2) is 26.7 Å². The molecule has 0 spiro atoms. The van der Waals surface area contributed by atoms with Gasteiger partial charge in [-0.1, -0.05) is 19.8 Å². The van der Waals surface area contributed by atoms with Gasteiger partial charge in [0.15, 0.2) is 6.04 Å².